The highest BCUT2D eigenvalue weighted by Gasteiger charge is 2.32. The van der Waals surface area contributed by atoms with Crippen LogP contribution in [0.15, 0.2) is 52.7 Å². The normalized spacial score (nSPS) is 17.5. The first kappa shape index (κ1) is 20.7. The first-order chi connectivity index (χ1) is 13.9. The molecule has 10 heteroatoms. The van der Waals surface area contributed by atoms with Crippen molar-refractivity contribution in [3.05, 3.63) is 53.1 Å². The van der Waals surface area contributed by atoms with Crippen molar-refractivity contribution in [1.82, 2.24) is 5.32 Å². The number of halogens is 1. The number of carbonyl (C=O) groups is 2. The first-order valence-corrected chi connectivity index (χ1v) is 9.71. The number of aromatic hydroxyl groups is 1. The summed E-state index contributed by atoms with van der Waals surface area (Å²) >= 11 is 6.95. The quantitative estimate of drug-likeness (QED) is 0.479. The van der Waals surface area contributed by atoms with Crippen molar-refractivity contribution >= 4 is 52.2 Å². The molecule has 0 spiro atoms. The number of thioether (sulfide) groups is 1. The predicted molar refractivity (Wildman–Crippen MR) is 114 cm³/mol. The topological polar surface area (TPSA) is 112 Å². The molecule has 1 heterocycles. The van der Waals surface area contributed by atoms with E-state index in [9.17, 15) is 14.7 Å². The van der Waals surface area contributed by atoms with Crippen molar-refractivity contribution in [1.29, 1.82) is 0 Å². The van der Waals surface area contributed by atoms with Gasteiger partial charge in [0.15, 0.2) is 16.7 Å². The number of amidine groups is 1. The Morgan fingerprint density at radius 3 is 2.83 bits per heavy atom. The van der Waals surface area contributed by atoms with Crippen LogP contribution in [0.25, 0.3) is 0 Å². The molecular weight excluding hydrogens is 416 g/mol. The molecule has 29 heavy (non-hydrogen) atoms. The Kier molecular flexibility index (Phi) is 6.73. The van der Waals surface area contributed by atoms with Crippen molar-refractivity contribution in [2.45, 2.75) is 11.7 Å². The van der Waals surface area contributed by atoms with E-state index in [2.05, 4.69) is 20.8 Å². The highest BCUT2D eigenvalue weighted by molar-refractivity contribution is 8.15. The van der Waals surface area contributed by atoms with Crippen LogP contribution in [0.3, 0.4) is 0 Å². The molecule has 8 nitrogen and oxygen atoms in total. The van der Waals surface area contributed by atoms with Crippen LogP contribution in [0.5, 0.6) is 11.5 Å². The van der Waals surface area contributed by atoms with Crippen molar-refractivity contribution in [3.63, 3.8) is 0 Å². The lowest BCUT2D eigenvalue weighted by Gasteiger charge is -2.07. The summed E-state index contributed by atoms with van der Waals surface area (Å²) in [6.45, 7) is 0. The minimum absolute atomic E-state index is 0.00295. The smallest absolute Gasteiger partial charge is 0.240 e. The number of benzene rings is 2. The zero-order valence-electron chi connectivity index (χ0n) is 15.3. The van der Waals surface area contributed by atoms with Crippen LogP contribution >= 0.6 is 23.4 Å². The van der Waals surface area contributed by atoms with Crippen LogP contribution in [-0.4, -0.2) is 40.7 Å². The Morgan fingerprint density at radius 2 is 2.10 bits per heavy atom. The minimum Gasteiger partial charge on any atom is -0.504 e. The first-order valence-electron chi connectivity index (χ1n) is 8.45. The number of hydrogen-bond acceptors (Lipinski definition) is 7. The van der Waals surface area contributed by atoms with E-state index in [0.29, 0.717) is 27.2 Å². The Bertz CT molecular complexity index is 979. The van der Waals surface area contributed by atoms with Crippen molar-refractivity contribution in [2.24, 2.45) is 10.2 Å². The molecule has 0 aliphatic carbocycles. The van der Waals surface area contributed by atoms with E-state index in [1.165, 1.54) is 19.4 Å². The van der Waals surface area contributed by atoms with Gasteiger partial charge in [-0.05, 0) is 48.0 Å². The zero-order valence-corrected chi connectivity index (χ0v) is 16.8. The van der Waals surface area contributed by atoms with Gasteiger partial charge in [-0.2, -0.15) is 5.10 Å². The van der Waals surface area contributed by atoms with Crippen LogP contribution in [0, 0.1) is 0 Å². The van der Waals surface area contributed by atoms with Gasteiger partial charge in [-0.15, -0.1) is 5.10 Å². The van der Waals surface area contributed by atoms with Gasteiger partial charge >= 0.3 is 0 Å². The summed E-state index contributed by atoms with van der Waals surface area (Å²) in [5.41, 5.74) is 1.27. The zero-order chi connectivity index (χ0) is 20.8. The molecule has 1 aliphatic heterocycles. The van der Waals surface area contributed by atoms with Gasteiger partial charge in [0, 0.05) is 17.1 Å². The number of ether oxygens (including phenoxy) is 1. The third-order valence-corrected chi connectivity index (χ3v) is 5.16. The van der Waals surface area contributed by atoms with E-state index in [4.69, 9.17) is 16.3 Å². The van der Waals surface area contributed by atoms with Gasteiger partial charge in [0.25, 0.3) is 0 Å². The predicted octanol–water partition coefficient (Wildman–Crippen LogP) is 3.00. The van der Waals surface area contributed by atoms with Crippen LogP contribution in [0.1, 0.15) is 12.0 Å². The fourth-order valence-electron chi connectivity index (χ4n) is 2.42. The van der Waals surface area contributed by atoms with E-state index in [-0.39, 0.29) is 24.0 Å². The van der Waals surface area contributed by atoms with Crippen molar-refractivity contribution in [3.8, 4) is 11.5 Å². The molecule has 3 rings (SSSR count). The van der Waals surface area contributed by atoms with Gasteiger partial charge in [-0.1, -0.05) is 23.4 Å². The molecule has 0 saturated carbocycles. The second kappa shape index (κ2) is 9.44. The Hall–Kier alpha value is -3.04. The summed E-state index contributed by atoms with van der Waals surface area (Å²) in [6, 6.07) is 11.4. The number of nitrogens with one attached hydrogen (secondary N) is 2. The molecule has 150 valence electrons. The van der Waals surface area contributed by atoms with Gasteiger partial charge in [0.2, 0.25) is 11.8 Å². The van der Waals surface area contributed by atoms with Gasteiger partial charge < -0.3 is 20.5 Å². The number of methoxy groups -OCH3 is 1. The number of amides is 2. The lowest BCUT2D eigenvalue weighted by Crippen LogP contribution is -2.28. The molecule has 0 bridgehead atoms. The number of carbonyl (C=O) groups excluding carboxylic acids is 2. The van der Waals surface area contributed by atoms with Crippen LogP contribution in [0.4, 0.5) is 5.69 Å². The number of hydrogen-bond donors (Lipinski definition) is 3. The third-order valence-electron chi connectivity index (χ3n) is 3.83. The van der Waals surface area contributed by atoms with Gasteiger partial charge in [0.05, 0.1) is 13.3 Å². The van der Waals surface area contributed by atoms with Gasteiger partial charge in [-0.25, -0.2) is 0 Å². The SMILES string of the molecule is COc1cc(/C=N/N=C2\NC(=O)[C@H](CC(=O)Nc3ccc(Cl)cc3)S2)ccc1O. The molecule has 0 unspecified atom stereocenters. The maximum atomic E-state index is 12.2. The molecule has 0 aromatic heterocycles. The standard InChI is InChI=1S/C19H17ClN4O4S/c1-28-15-8-11(2-7-14(15)25)10-21-24-19-23-18(27)16(29-19)9-17(26)22-13-5-3-12(20)4-6-13/h2-8,10,16,25H,9H2,1H3,(H,22,26)(H,23,24,27)/b21-10+/t16-/m0/s1. The molecule has 3 N–H and O–H groups in total. The fraction of sp³-hybridized carbons (Fsp3) is 0.158. The average Bonchev–Trinajstić information content (AvgIpc) is 3.04. The van der Waals surface area contributed by atoms with E-state index in [1.54, 1.807) is 36.4 Å². The van der Waals surface area contributed by atoms with Gasteiger partial charge in [-0.3, -0.25) is 9.59 Å². The molecule has 1 aliphatic rings. The number of phenols is 1. The molecule has 2 aromatic rings. The summed E-state index contributed by atoms with van der Waals surface area (Å²) in [4.78, 5) is 24.2. The second-order valence-electron chi connectivity index (χ2n) is 5.94. The molecule has 1 atom stereocenters. The maximum absolute atomic E-state index is 12.2. The molecular formula is C19H17ClN4O4S. The molecule has 1 saturated heterocycles. The monoisotopic (exact) mass is 432 g/mol. The third kappa shape index (κ3) is 5.72. The van der Waals surface area contributed by atoms with Crippen molar-refractivity contribution < 1.29 is 19.4 Å². The molecule has 1 fully saturated rings. The molecule has 2 amide bonds. The van der Waals surface area contributed by atoms with Crippen molar-refractivity contribution in [2.75, 3.05) is 12.4 Å². The average molecular weight is 433 g/mol. The Labute approximate surface area is 176 Å². The highest BCUT2D eigenvalue weighted by atomic mass is 35.5. The summed E-state index contributed by atoms with van der Waals surface area (Å²) < 4.78 is 5.03. The van der Waals surface area contributed by atoms with E-state index < -0.39 is 5.25 Å². The lowest BCUT2D eigenvalue weighted by molar-refractivity contribution is -0.122. The van der Waals surface area contributed by atoms with Gasteiger partial charge in [0.1, 0.15) is 5.25 Å². The fourth-order valence-corrected chi connectivity index (χ4v) is 3.47. The Morgan fingerprint density at radius 1 is 1.34 bits per heavy atom. The van der Waals surface area contributed by atoms with E-state index in [1.807, 2.05) is 0 Å². The van der Waals surface area contributed by atoms with E-state index >= 15 is 0 Å². The largest absolute Gasteiger partial charge is 0.504 e. The Balaban J connectivity index is 1.56. The summed E-state index contributed by atoms with van der Waals surface area (Å²) in [5.74, 6) is -0.256. The van der Waals surface area contributed by atoms with Crippen LogP contribution < -0.4 is 15.4 Å². The minimum atomic E-state index is -0.593. The second-order valence-corrected chi connectivity index (χ2v) is 7.56. The summed E-state index contributed by atoms with van der Waals surface area (Å²) in [5, 5.41) is 23.1. The summed E-state index contributed by atoms with van der Waals surface area (Å²) in [6.07, 6.45) is 1.46. The number of nitrogens with zero attached hydrogens (tertiary/aromatic N) is 2. The number of phenolic OH excluding ortho intramolecular Hbond substituents is 1. The van der Waals surface area contributed by atoms with E-state index in [0.717, 1.165) is 11.8 Å². The number of anilines is 1. The van der Waals surface area contributed by atoms with Crippen LogP contribution in [0.2, 0.25) is 5.02 Å². The van der Waals surface area contributed by atoms with Crippen LogP contribution in [-0.2, 0) is 9.59 Å². The summed E-state index contributed by atoms with van der Waals surface area (Å²) in [7, 11) is 1.45. The highest BCUT2D eigenvalue weighted by Crippen LogP contribution is 2.26. The lowest BCUT2D eigenvalue weighted by atomic mass is 10.2. The molecule has 2 aromatic carbocycles. The maximum Gasteiger partial charge on any atom is 0.240 e. The molecule has 0 radical (unpaired) electrons. The number of rotatable bonds is 6.